The van der Waals surface area contributed by atoms with E-state index >= 15 is 0 Å². The van der Waals surface area contributed by atoms with Gasteiger partial charge in [0.2, 0.25) is 0 Å². The maximum absolute atomic E-state index is 6.96. The molecule has 0 bridgehead atoms. The van der Waals surface area contributed by atoms with Gasteiger partial charge in [-0.1, -0.05) is 0 Å². The van der Waals surface area contributed by atoms with Crippen molar-refractivity contribution in [1.29, 1.82) is 5.41 Å². The number of nitrogens with one attached hydrogen (secondary N) is 1. The molecule has 1 fully saturated rings. The van der Waals surface area contributed by atoms with Crippen LogP contribution in [0.4, 0.5) is 0 Å². The summed E-state index contributed by atoms with van der Waals surface area (Å²) >= 11 is 1.62. The summed E-state index contributed by atoms with van der Waals surface area (Å²) in [5.74, 6) is 1.12. The van der Waals surface area contributed by atoms with Crippen molar-refractivity contribution >= 4 is 16.9 Å². The zero-order valence-electron chi connectivity index (χ0n) is 3.78. The second-order valence-corrected chi connectivity index (χ2v) is 2.34. The topological polar surface area (TPSA) is 40.5 Å². The van der Waals surface area contributed by atoms with Crippen LogP contribution < -0.4 is 17.7 Å². The molecule has 0 radical (unpaired) electrons. The van der Waals surface area contributed by atoms with Gasteiger partial charge in [-0.3, -0.25) is 5.32 Å². The van der Waals surface area contributed by atoms with Crippen molar-refractivity contribution in [1.82, 2.24) is 0 Å². The molecule has 0 amide bonds. The molecule has 7 heavy (non-hydrogen) atoms. The first-order valence-corrected chi connectivity index (χ1v) is 2.93. The first-order valence-electron chi connectivity index (χ1n) is 1.94. The lowest BCUT2D eigenvalue weighted by atomic mass is 10.8. The molecular weight excluding hydrogens is 132 g/mol. The van der Waals surface area contributed by atoms with Crippen LogP contribution in [0, 0.1) is 5.41 Å². The fourth-order valence-corrected chi connectivity index (χ4v) is 1.11. The van der Waals surface area contributed by atoms with E-state index in [4.69, 9.17) is 5.41 Å². The fourth-order valence-electron chi connectivity index (χ4n) is 0.418. The zero-order valence-corrected chi connectivity index (χ0v) is 5.35. The standard InChI is InChI=1S/C3H6N2S.ClH/c4-3-5-1-2-6-3;/h1-2H2,(H2,4,5);1H. The Hall–Kier alpha value is 0.270. The van der Waals surface area contributed by atoms with Crippen LogP contribution in [0.1, 0.15) is 0 Å². The highest BCUT2D eigenvalue weighted by atomic mass is 35.5. The Kier molecular flexibility index (Phi) is 3.42. The van der Waals surface area contributed by atoms with Gasteiger partial charge < -0.3 is 12.4 Å². The monoisotopic (exact) mass is 138 g/mol. The molecule has 1 aliphatic heterocycles. The molecule has 1 rings (SSSR count). The summed E-state index contributed by atoms with van der Waals surface area (Å²) in [6.07, 6.45) is 0. The normalized spacial score (nSPS) is 19.1. The van der Waals surface area contributed by atoms with Crippen molar-refractivity contribution in [3.8, 4) is 0 Å². The maximum atomic E-state index is 6.96. The fraction of sp³-hybridized carbons (Fsp3) is 0.667. The molecule has 0 aromatic carbocycles. The minimum absolute atomic E-state index is 0. The first-order chi connectivity index (χ1) is 2.89. The van der Waals surface area contributed by atoms with Gasteiger partial charge in [-0.05, 0) is 11.8 Å². The van der Waals surface area contributed by atoms with Crippen molar-refractivity contribution in [3.63, 3.8) is 0 Å². The van der Waals surface area contributed by atoms with E-state index in [1.165, 1.54) is 0 Å². The van der Waals surface area contributed by atoms with Crippen LogP contribution in [-0.4, -0.2) is 17.5 Å². The molecule has 0 saturated carbocycles. The van der Waals surface area contributed by atoms with Gasteiger partial charge in [-0.25, -0.2) is 5.41 Å². The highest BCUT2D eigenvalue weighted by Gasteiger charge is 2.08. The average Bonchev–Trinajstić information content (AvgIpc) is 1.86. The summed E-state index contributed by atoms with van der Waals surface area (Å²) in [5, 5.41) is 9.65. The Morgan fingerprint density at radius 2 is 2.43 bits per heavy atom. The summed E-state index contributed by atoms with van der Waals surface area (Å²) in [7, 11) is 0. The minimum Gasteiger partial charge on any atom is -1.00 e. The molecule has 0 unspecified atom stereocenters. The van der Waals surface area contributed by atoms with E-state index in [0.717, 1.165) is 17.5 Å². The zero-order chi connectivity index (χ0) is 4.41. The number of hydrogen-bond acceptors (Lipinski definition) is 2. The molecule has 4 heteroatoms. The molecule has 0 aromatic heterocycles. The number of quaternary nitrogens is 1. The molecule has 0 aliphatic carbocycles. The van der Waals surface area contributed by atoms with E-state index in [9.17, 15) is 0 Å². The lowest BCUT2D eigenvalue weighted by Gasteiger charge is -1.75. The predicted molar refractivity (Wildman–Crippen MR) is 27.0 cm³/mol. The Morgan fingerprint density at radius 3 is 2.57 bits per heavy atom. The van der Waals surface area contributed by atoms with E-state index in [2.05, 4.69) is 0 Å². The third-order valence-electron chi connectivity index (χ3n) is 0.705. The van der Waals surface area contributed by atoms with E-state index in [0.29, 0.717) is 0 Å². The Bertz CT molecular complexity index is 67.3. The number of nitrogens with two attached hydrogens (primary N) is 1. The summed E-state index contributed by atoms with van der Waals surface area (Å²) in [5.41, 5.74) is 0. The van der Waals surface area contributed by atoms with Gasteiger partial charge in [0.25, 0.3) is 5.17 Å². The Balaban J connectivity index is 0.000000360. The van der Waals surface area contributed by atoms with Gasteiger partial charge in [0.15, 0.2) is 0 Å². The maximum Gasteiger partial charge on any atom is 0.253 e. The van der Waals surface area contributed by atoms with Gasteiger partial charge >= 0.3 is 0 Å². The number of amidine groups is 1. The molecule has 3 N–H and O–H groups in total. The molecule has 0 spiro atoms. The molecule has 2 nitrogen and oxygen atoms in total. The molecule has 0 aromatic rings. The van der Waals surface area contributed by atoms with Crippen molar-refractivity contribution in [2.24, 2.45) is 0 Å². The summed E-state index contributed by atoms with van der Waals surface area (Å²) < 4.78 is 0. The van der Waals surface area contributed by atoms with Crippen LogP contribution in [0.25, 0.3) is 0 Å². The number of rotatable bonds is 0. The lowest BCUT2D eigenvalue weighted by Crippen LogP contribution is -3.00. The third kappa shape index (κ3) is 2.16. The van der Waals surface area contributed by atoms with Gasteiger partial charge in [0.1, 0.15) is 0 Å². The van der Waals surface area contributed by atoms with Crippen LogP contribution in [-0.2, 0) is 0 Å². The van der Waals surface area contributed by atoms with E-state index < -0.39 is 0 Å². The molecule has 0 atom stereocenters. The van der Waals surface area contributed by atoms with Gasteiger partial charge in [-0.15, -0.1) is 0 Å². The van der Waals surface area contributed by atoms with Crippen LogP contribution in [0.3, 0.4) is 0 Å². The van der Waals surface area contributed by atoms with E-state index in [-0.39, 0.29) is 12.4 Å². The SMILES string of the molecule is N=C1[NH2+]CCS1.[Cl-]. The van der Waals surface area contributed by atoms with Crippen molar-refractivity contribution in [3.05, 3.63) is 0 Å². The van der Waals surface area contributed by atoms with Crippen LogP contribution in [0.2, 0.25) is 0 Å². The van der Waals surface area contributed by atoms with Crippen molar-refractivity contribution < 1.29 is 17.7 Å². The van der Waals surface area contributed by atoms with Gasteiger partial charge in [0, 0.05) is 0 Å². The van der Waals surface area contributed by atoms with Crippen LogP contribution in [0.5, 0.6) is 0 Å². The van der Waals surface area contributed by atoms with Gasteiger partial charge in [-0.2, -0.15) is 0 Å². The summed E-state index contributed by atoms with van der Waals surface area (Å²) in [4.78, 5) is 0. The van der Waals surface area contributed by atoms with Crippen LogP contribution >= 0.6 is 11.8 Å². The highest BCUT2D eigenvalue weighted by molar-refractivity contribution is 8.13. The van der Waals surface area contributed by atoms with Crippen LogP contribution in [0.15, 0.2) is 0 Å². The third-order valence-corrected chi connectivity index (χ3v) is 1.62. The quantitative estimate of drug-likeness (QED) is 0.355. The second-order valence-electron chi connectivity index (χ2n) is 1.21. The molecule has 1 heterocycles. The van der Waals surface area contributed by atoms with E-state index in [1.54, 1.807) is 11.8 Å². The smallest absolute Gasteiger partial charge is 0.253 e. The van der Waals surface area contributed by atoms with Gasteiger partial charge in [0.05, 0.1) is 12.3 Å². The average molecular weight is 139 g/mol. The van der Waals surface area contributed by atoms with E-state index in [1.807, 2.05) is 5.32 Å². The molecule has 42 valence electrons. The Labute approximate surface area is 53.0 Å². The predicted octanol–water partition coefficient (Wildman–Crippen LogP) is -3.76. The highest BCUT2D eigenvalue weighted by Crippen LogP contribution is 1.96. The molecular formula is C3H7ClN2S. The van der Waals surface area contributed by atoms with Crippen molar-refractivity contribution in [2.75, 3.05) is 12.3 Å². The Morgan fingerprint density at radius 1 is 1.71 bits per heavy atom. The minimum atomic E-state index is 0. The summed E-state index contributed by atoms with van der Waals surface area (Å²) in [6.45, 7) is 1.10. The first kappa shape index (κ1) is 7.27. The van der Waals surface area contributed by atoms with Crippen molar-refractivity contribution in [2.45, 2.75) is 0 Å². The summed E-state index contributed by atoms with van der Waals surface area (Å²) in [6, 6.07) is 0. The number of hydrogen-bond donors (Lipinski definition) is 2. The largest absolute Gasteiger partial charge is 1.00 e. The second kappa shape index (κ2) is 3.29. The number of halogens is 1. The lowest BCUT2D eigenvalue weighted by molar-refractivity contribution is -0.525. The number of thioether (sulfide) groups is 1. The molecule has 1 saturated heterocycles. The molecule has 1 aliphatic rings.